The molecule has 1 aromatic carbocycles. The van der Waals surface area contributed by atoms with Gasteiger partial charge in [0.1, 0.15) is 5.82 Å². The zero-order valence-corrected chi connectivity index (χ0v) is 8.27. The minimum Gasteiger partial charge on any atom is -0.322 e. The predicted octanol–water partition coefficient (Wildman–Crippen LogP) is 1.34. The normalized spacial score (nSPS) is 11.3. The van der Waals surface area contributed by atoms with Crippen LogP contribution in [0.15, 0.2) is 23.2 Å². The molecule has 0 bridgehead atoms. The van der Waals surface area contributed by atoms with Gasteiger partial charge in [-0.3, -0.25) is 10.4 Å². The van der Waals surface area contributed by atoms with E-state index in [-0.39, 0.29) is 16.7 Å². The van der Waals surface area contributed by atoms with Gasteiger partial charge in [0.2, 0.25) is 5.96 Å². The molecule has 0 aromatic heterocycles. The van der Waals surface area contributed by atoms with Gasteiger partial charge in [-0.25, -0.2) is 10.2 Å². The molecule has 14 heavy (non-hydrogen) atoms. The lowest BCUT2D eigenvalue weighted by molar-refractivity contribution is 0.632. The van der Waals surface area contributed by atoms with Crippen LogP contribution in [-0.4, -0.2) is 13.0 Å². The van der Waals surface area contributed by atoms with E-state index in [1.54, 1.807) is 6.07 Å². The fourth-order valence-corrected chi connectivity index (χ4v) is 1.10. The fraction of sp³-hybridized carbons (Fsp3) is 0.125. The Morgan fingerprint density at radius 1 is 1.57 bits per heavy atom. The predicted molar refractivity (Wildman–Crippen MR) is 55.7 cm³/mol. The van der Waals surface area contributed by atoms with Crippen molar-refractivity contribution >= 4 is 23.2 Å². The molecular formula is C8H10ClFN4. The molecule has 0 saturated heterocycles. The lowest BCUT2D eigenvalue weighted by Gasteiger charge is -2.10. The van der Waals surface area contributed by atoms with E-state index in [1.165, 1.54) is 19.2 Å². The van der Waals surface area contributed by atoms with Crippen LogP contribution in [0.25, 0.3) is 0 Å². The summed E-state index contributed by atoms with van der Waals surface area (Å²) in [5.74, 6) is 4.89. The number of nitrogens with two attached hydrogens (primary N) is 1. The van der Waals surface area contributed by atoms with Gasteiger partial charge in [-0.1, -0.05) is 17.7 Å². The van der Waals surface area contributed by atoms with Gasteiger partial charge in [0.15, 0.2) is 0 Å². The molecule has 0 unspecified atom stereocenters. The minimum absolute atomic E-state index is 0.146. The quantitative estimate of drug-likeness (QED) is 0.287. The first-order valence-electron chi connectivity index (χ1n) is 3.83. The highest BCUT2D eigenvalue weighted by Crippen LogP contribution is 2.24. The average Bonchev–Trinajstić information content (AvgIpc) is 2.18. The monoisotopic (exact) mass is 216 g/mol. The van der Waals surface area contributed by atoms with Crippen LogP contribution in [0, 0.1) is 5.82 Å². The van der Waals surface area contributed by atoms with Crippen molar-refractivity contribution in [2.24, 2.45) is 10.8 Å². The van der Waals surface area contributed by atoms with Crippen LogP contribution < -0.4 is 16.6 Å². The summed E-state index contributed by atoms with van der Waals surface area (Å²) in [5, 5.41) is 2.89. The maximum atomic E-state index is 13.2. The second kappa shape index (κ2) is 4.78. The number of para-hydroxylation sites is 1. The van der Waals surface area contributed by atoms with Crippen molar-refractivity contribution in [3.8, 4) is 0 Å². The Kier molecular flexibility index (Phi) is 3.67. The van der Waals surface area contributed by atoms with E-state index >= 15 is 0 Å². The van der Waals surface area contributed by atoms with Crippen LogP contribution in [-0.2, 0) is 0 Å². The SMILES string of the molecule is CN=C(NN)Nc1c(F)cccc1Cl. The van der Waals surface area contributed by atoms with Crippen LogP contribution in [0.3, 0.4) is 0 Å². The van der Waals surface area contributed by atoms with Gasteiger partial charge in [-0.2, -0.15) is 0 Å². The number of nitrogens with one attached hydrogen (secondary N) is 2. The number of guanidine groups is 1. The average molecular weight is 217 g/mol. The Balaban J connectivity index is 2.96. The molecule has 0 amide bonds. The lowest BCUT2D eigenvalue weighted by atomic mass is 10.3. The number of hydrogen-bond donors (Lipinski definition) is 3. The summed E-state index contributed by atoms with van der Waals surface area (Å²) in [6.07, 6.45) is 0. The molecule has 0 radical (unpaired) electrons. The molecule has 0 aliphatic rings. The topological polar surface area (TPSA) is 62.4 Å². The number of aliphatic imine (C=N–C) groups is 1. The van der Waals surface area contributed by atoms with Gasteiger partial charge in [0.25, 0.3) is 0 Å². The number of hydrazine groups is 1. The Bertz CT molecular complexity index is 333. The highest BCUT2D eigenvalue weighted by atomic mass is 35.5. The maximum Gasteiger partial charge on any atom is 0.210 e. The standard InChI is InChI=1S/C8H10ClFN4/c1-12-8(14-11)13-7-5(9)3-2-4-6(7)10/h2-4H,11H2,1H3,(H2,12,13,14). The number of anilines is 1. The molecule has 1 rings (SSSR count). The second-order valence-corrected chi connectivity index (χ2v) is 2.85. The summed E-state index contributed by atoms with van der Waals surface area (Å²) >= 11 is 5.76. The van der Waals surface area contributed by atoms with Gasteiger partial charge >= 0.3 is 0 Å². The smallest absolute Gasteiger partial charge is 0.210 e. The summed E-state index contributed by atoms with van der Waals surface area (Å²) in [5.41, 5.74) is 2.41. The first-order chi connectivity index (χ1) is 6.69. The highest BCUT2D eigenvalue weighted by Gasteiger charge is 2.07. The first kappa shape index (κ1) is 10.7. The molecule has 0 atom stereocenters. The van der Waals surface area contributed by atoms with Crippen molar-refractivity contribution in [3.05, 3.63) is 29.0 Å². The Hall–Kier alpha value is -1.33. The van der Waals surface area contributed by atoms with E-state index in [1.807, 2.05) is 0 Å². The third-order valence-corrected chi connectivity index (χ3v) is 1.88. The van der Waals surface area contributed by atoms with Crippen LogP contribution in [0.1, 0.15) is 0 Å². The van der Waals surface area contributed by atoms with Crippen molar-refractivity contribution in [1.82, 2.24) is 5.43 Å². The van der Waals surface area contributed by atoms with Gasteiger partial charge < -0.3 is 5.32 Å². The largest absolute Gasteiger partial charge is 0.322 e. The molecule has 0 aliphatic heterocycles. The van der Waals surface area contributed by atoms with Crippen molar-refractivity contribution in [2.75, 3.05) is 12.4 Å². The van der Waals surface area contributed by atoms with Crippen molar-refractivity contribution in [3.63, 3.8) is 0 Å². The number of nitrogens with zero attached hydrogens (tertiary/aromatic N) is 1. The van der Waals surface area contributed by atoms with Gasteiger partial charge in [-0.05, 0) is 12.1 Å². The van der Waals surface area contributed by atoms with Gasteiger partial charge in [-0.15, -0.1) is 0 Å². The van der Waals surface area contributed by atoms with E-state index < -0.39 is 5.82 Å². The van der Waals surface area contributed by atoms with E-state index in [9.17, 15) is 4.39 Å². The Morgan fingerprint density at radius 3 is 2.79 bits per heavy atom. The van der Waals surface area contributed by atoms with E-state index in [0.717, 1.165) is 0 Å². The summed E-state index contributed by atoms with van der Waals surface area (Å²) in [6.45, 7) is 0. The molecule has 4 N–H and O–H groups in total. The van der Waals surface area contributed by atoms with E-state index in [4.69, 9.17) is 17.4 Å². The molecule has 0 saturated carbocycles. The number of halogens is 2. The Labute approximate surface area is 85.9 Å². The van der Waals surface area contributed by atoms with Crippen molar-refractivity contribution < 1.29 is 4.39 Å². The third-order valence-electron chi connectivity index (χ3n) is 1.57. The van der Waals surface area contributed by atoms with E-state index in [0.29, 0.717) is 0 Å². The second-order valence-electron chi connectivity index (χ2n) is 2.44. The summed E-state index contributed by atoms with van der Waals surface area (Å²) in [6, 6.07) is 4.37. The maximum absolute atomic E-state index is 13.2. The zero-order chi connectivity index (χ0) is 10.6. The minimum atomic E-state index is -0.464. The molecule has 76 valence electrons. The van der Waals surface area contributed by atoms with Gasteiger partial charge in [0.05, 0.1) is 10.7 Å². The molecule has 0 fully saturated rings. The summed E-state index contributed by atoms with van der Waals surface area (Å²) in [7, 11) is 1.51. The summed E-state index contributed by atoms with van der Waals surface area (Å²) in [4.78, 5) is 3.73. The molecule has 0 heterocycles. The molecule has 4 nitrogen and oxygen atoms in total. The van der Waals surface area contributed by atoms with Crippen LogP contribution in [0.4, 0.5) is 10.1 Å². The number of hydrogen-bond acceptors (Lipinski definition) is 2. The summed E-state index contributed by atoms with van der Waals surface area (Å²) < 4.78 is 13.2. The van der Waals surface area contributed by atoms with Crippen LogP contribution in [0.2, 0.25) is 5.02 Å². The van der Waals surface area contributed by atoms with Gasteiger partial charge in [0, 0.05) is 7.05 Å². The molecule has 0 aliphatic carbocycles. The van der Waals surface area contributed by atoms with Crippen molar-refractivity contribution in [2.45, 2.75) is 0 Å². The molecular weight excluding hydrogens is 207 g/mol. The van der Waals surface area contributed by atoms with Crippen LogP contribution >= 0.6 is 11.6 Å². The highest BCUT2D eigenvalue weighted by molar-refractivity contribution is 6.33. The Morgan fingerprint density at radius 2 is 2.29 bits per heavy atom. The molecule has 0 spiro atoms. The third kappa shape index (κ3) is 2.34. The fourth-order valence-electron chi connectivity index (χ4n) is 0.892. The van der Waals surface area contributed by atoms with E-state index in [2.05, 4.69) is 15.7 Å². The zero-order valence-electron chi connectivity index (χ0n) is 7.51. The number of benzene rings is 1. The number of rotatable bonds is 1. The van der Waals surface area contributed by atoms with Crippen molar-refractivity contribution in [1.29, 1.82) is 0 Å². The molecule has 6 heteroatoms. The van der Waals surface area contributed by atoms with Crippen LogP contribution in [0.5, 0.6) is 0 Å². The first-order valence-corrected chi connectivity index (χ1v) is 4.21. The lowest BCUT2D eigenvalue weighted by Crippen LogP contribution is -2.36. The molecule has 1 aromatic rings.